The number of aromatic nitrogens is 2. The Kier molecular flexibility index (Phi) is 2.52. The highest BCUT2D eigenvalue weighted by atomic mass is 79.9. The van der Waals surface area contributed by atoms with Crippen LogP contribution in [-0.2, 0) is 7.05 Å². The van der Waals surface area contributed by atoms with Crippen molar-refractivity contribution in [1.82, 2.24) is 9.78 Å². The zero-order valence-corrected chi connectivity index (χ0v) is 10.2. The van der Waals surface area contributed by atoms with Crippen LogP contribution >= 0.6 is 15.9 Å². The van der Waals surface area contributed by atoms with E-state index in [1.807, 2.05) is 25.2 Å². The van der Waals surface area contributed by atoms with E-state index in [4.69, 9.17) is 5.73 Å². The molecular formula is C11H12BrN3. The molecule has 1 aromatic carbocycles. The second kappa shape index (κ2) is 3.70. The Bertz CT molecular complexity index is 483. The number of benzene rings is 1. The molecule has 0 aliphatic rings. The van der Waals surface area contributed by atoms with Crippen LogP contribution in [0.4, 0.5) is 5.69 Å². The van der Waals surface area contributed by atoms with Crippen molar-refractivity contribution >= 4 is 21.6 Å². The summed E-state index contributed by atoms with van der Waals surface area (Å²) in [5.41, 5.74) is 9.85. The summed E-state index contributed by atoms with van der Waals surface area (Å²) in [4.78, 5) is 0. The molecule has 78 valence electrons. The Morgan fingerprint density at radius 2 is 2.13 bits per heavy atom. The zero-order valence-electron chi connectivity index (χ0n) is 8.66. The SMILES string of the molecule is Cc1c(Br)cccc1-c1c(N)cnn1C. The summed E-state index contributed by atoms with van der Waals surface area (Å²) < 4.78 is 2.88. The molecule has 2 aromatic rings. The molecule has 0 fully saturated rings. The van der Waals surface area contributed by atoms with Crippen LogP contribution in [-0.4, -0.2) is 9.78 Å². The largest absolute Gasteiger partial charge is 0.396 e. The lowest BCUT2D eigenvalue weighted by Gasteiger charge is -2.08. The second-order valence-corrected chi connectivity index (χ2v) is 4.34. The summed E-state index contributed by atoms with van der Waals surface area (Å²) in [5, 5.41) is 4.14. The molecule has 0 saturated carbocycles. The first-order chi connectivity index (χ1) is 7.11. The van der Waals surface area contributed by atoms with E-state index >= 15 is 0 Å². The van der Waals surface area contributed by atoms with E-state index in [9.17, 15) is 0 Å². The molecule has 1 aromatic heterocycles. The fourth-order valence-corrected chi connectivity index (χ4v) is 2.01. The van der Waals surface area contributed by atoms with Gasteiger partial charge >= 0.3 is 0 Å². The lowest BCUT2D eigenvalue weighted by Crippen LogP contribution is -1.97. The van der Waals surface area contributed by atoms with Gasteiger partial charge in [-0.2, -0.15) is 5.10 Å². The average molecular weight is 266 g/mol. The van der Waals surface area contributed by atoms with Crippen molar-refractivity contribution in [2.45, 2.75) is 6.92 Å². The Balaban J connectivity index is 2.69. The van der Waals surface area contributed by atoms with Gasteiger partial charge in [0.2, 0.25) is 0 Å². The molecule has 0 bridgehead atoms. The number of hydrogen-bond acceptors (Lipinski definition) is 2. The predicted molar refractivity (Wildman–Crippen MR) is 65.5 cm³/mol. The molecule has 1 heterocycles. The maximum absolute atomic E-state index is 5.89. The lowest BCUT2D eigenvalue weighted by molar-refractivity contribution is 0.775. The quantitative estimate of drug-likeness (QED) is 0.862. The molecule has 2 rings (SSSR count). The molecule has 0 atom stereocenters. The van der Waals surface area contributed by atoms with Gasteiger partial charge in [-0.3, -0.25) is 4.68 Å². The van der Waals surface area contributed by atoms with Crippen LogP contribution in [0, 0.1) is 6.92 Å². The maximum atomic E-state index is 5.89. The van der Waals surface area contributed by atoms with Crippen molar-refractivity contribution in [1.29, 1.82) is 0 Å². The van der Waals surface area contributed by atoms with Gasteiger partial charge < -0.3 is 5.73 Å². The molecule has 2 N–H and O–H groups in total. The maximum Gasteiger partial charge on any atom is 0.0911 e. The average Bonchev–Trinajstić information content (AvgIpc) is 2.52. The number of rotatable bonds is 1. The van der Waals surface area contributed by atoms with Gasteiger partial charge in [0.1, 0.15) is 0 Å². The van der Waals surface area contributed by atoms with E-state index in [2.05, 4.69) is 28.0 Å². The van der Waals surface area contributed by atoms with Gasteiger partial charge in [-0.1, -0.05) is 28.1 Å². The minimum Gasteiger partial charge on any atom is -0.396 e. The highest BCUT2D eigenvalue weighted by Gasteiger charge is 2.11. The monoisotopic (exact) mass is 265 g/mol. The summed E-state index contributed by atoms with van der Waals surface area (Å²) in [5.74, 6) is 0. The first kappa shape index (κ1) is 10.2. The molecule has 4 heteroatoms. The lowest BCUT2D eigenvalue weighted by atomic mass is 10.1. The Morgan fingerprint density at radius 1 is 1.40 bits per heavy atom. The van der Waals surface area contributed by atoms with Gasteiger partial charge in [0.15, 0.2) is 0 Å². The van der Waals surface area contributed by atoms with Crippen LogP contribution in [0.25, 0.3) is 11.3 Å². The highest BCUT2D eigenvalue weighted by molar-refractivity contribution is 9.10. The predicted octanol–water partition coefficient (Wildman–Crippen LogP) is 2.74. The number of nitrogen functional groups attached to an aromatic ring is 1. The Morgan fingerprint density at radius 3 is 2.73 bits per heavy atom. The molecule has 0 radical (unpaired) electrons. The summed E-state index contributed by atoms with van der Waals surface area (Å²) in [7, 11) is 1.89. The van der Waals surface area contributed by atoms with Crippen molar-refractivity contribution in [3.8, 4) is 11.3 Å². The van der Waals surface area contributed by atoms with Crippen LogP contribution in [0.15, 0.2) is 28.9 Å². The van der Waals surface area contributed by atoms with E-state index in [1.54, 1.807) is 10.9 Å². The number of nitrogens with zero attached hydrogens (tertiary/aromatic N) is 2. The molecule has 0 saturated heterocycles. The number of nitrogens with two attached hydrogens (primary N) is 1. The van der Waals surface area contributed by atoms with Crippen molar-refractivity contribution < 1.29 is 0 Å². The van der Waals surface area contributed by atoms with E-state index in [0.717, 1.165) is 15.7 Å². The van der Waals surface area contributed by atoms with Gasteiger partial charge in [0.05, 0.1) is 17.6 Å². The second-order valence-electron chi connectivity index (χ2n) is 3.48. The van der Waals surface area contributed by atoms with Crippen molar-refractivity contribution in [3.63, 3.8) is 0 Å². The van der Waals surface area contributed by atoms with Crippen LogP contribution in [0.1, 0.15) is 5.56 Å². The number of halogens is 1. The summed E-state index contributed by atoms with van der Waals surface area (Å²) in [6.45, 7) is 2.06. The molecule has 3 nitrogen and oxygen atoms in total. The summed E-state index contributed by atoms with van der Waals surface area (Å²) in [6, 6.07) is 6.07. The van der Waals surface area contributed by atoms with Gasteiger partial charge in [0, 0.05) is 17.1 Å². The third kappa shape index (κ3) is 1.65. The van der Waals surface area contributed by atoms with Crippen molar-refractivity contribution in [3.05, 3.63) is 34.4 Å². The summed E-state index contributed by atoms with van der Waals surface area (Å²) >= 11 is 3.51. The normalized spacial score (nSPS) is 10.6. The number of hydrogen-bond donors (Lipinski definition) is 1. The molecule has 0 amide bonds. The van der Waals surface area contributed by atoms with Crippen LogP contribution < -0.4 is 5.73 Å². The van der Waals surface area contributed by atoms with Gasteiger partial charge in [0.25, 0.3) is 0 Å². The molecule has 15 heavy (non-hydrogen) atoms. The fourth-order valence-electron chi connectivity index (χ4n) is 1.65. The van der Waals surface area contributed by atoms with E-state index in [-0.39, 0.29) is 0 Å². The van der Waals surface area contributed by atoms with E-state index in [1.165, 1.54) is 5.56 Å². The third-order valence-corrected chi connectivity index (χ3v) is 3.35. The summed E-state index contributed by atoms with van der Waals surface area (Å²) in [6.07, 6.45) is 1.68. The van der Waals surface area contributed by atoms with Crippen molar-refractivity contribution in [2.75, 3.05) is 5.73 Å². The number of aryl methyl sites for hydroxylation is 1. The van der Waals surface area contributed by atoms with E-state index < -0.39 is 0 Å². The minimum absolute atomic E-state index is 0.707. The fraction of sp³-hybridized carbons (Fsp3) is 0.182. The molecule has 0 spiro atoms. The smallest absolute Gasteiger partial charge is 0.0911 e. The zero-order chi connectivity index (χ0) is 11.0. The van der Waals surface area contributed by atoms with Crippen LogP contribution in [0.3, 0.4) is 0 Å². The topological polar surface area (TPSA) is 43.8 Å². The van der Waals surface area contributed by atoms with Crippen LogP contribution in [0.5, 0.6) is 0 Å². The number of anilines is 1. The first-order valence-corrected chi connectivity index (χ1v) is 5.43. The van der Waals surface area contributed by atoms with E-state index in [0.29, 0.717) is 5.69 Å². The molecular weight excluding hydrogens is 254 g/mol. The van der Waals surface area contributed by atoms with Gasteiger partial charge in [-0.05, 0) is 18.6 Å². The molecule has 0 unspecified atom stereocenters. The standard InChI is InChI=1S/C11H12BrN3/c1-7-8(4-3-5-9(7)12)11-10(13)6-14-15(11)2/h3-6H,13H2,1-2H3. The third-order valence-electron chi connectivity index (χ3n) is 2.49. The van der Waals surface area contributed by atoms with Gasteiger partial charge in [-0.15, -0.1) is 0 Å². The Labute approximate surface area is 97.0 Å². The van der Waals surface area contributed by atoms with Crippen molar-refractivity contribution in [2.24, 2.45) is 7.05 Å². The van der Waals surface area contributed by atoms with Gasteiger partial charge in [-0.25, -0.2) is 0 Å². The highest BCUT2D eigenvalue weighted by Crippen LogP contribution is 2.31. The first-order valence-electron chi connectivity index (χ1n) is 4.64. The Hall–Kier alpha value is -1.29. The minimum atomic E-state index is 0.707. The molecule has 0 aliphatic carbocycles. The van der Waals surface area contributed by atoms with Crippen LogP contribution in [0.2, 0.25) is 0 Å². The molecule has 0 aliphatic heterocycles.